The largest absolute Gasteiger partial charge is 0.310 e. The highest BCUT2D eigenvalue weighted by Crippen LogP contribution is 2.51. The van der Waals surface area contributed by atoms with E-state index < -0.39 is 0 Å². The molecule has 282 valence electrons. The topological polar surface area (TPSA) is 20.5 Å². The van der Waals surface area contributed by atoms with Crippen LogP contribution in [0.25, 0.3) is 61.1 Å². The number of pyridine rings is 1. The van der Waals surface area contributed by atoms with Gasteiger partial charge in [0, 0.05) is 50.5 Å². The zero-order chi connectivity index (χ0) is 39.5. The van der Waals surface area contributed by atoms with Crippen LogP contribution in [0.1, 0.15) is 42.9 Å². The first-order valence-corrected chi connectivity index (χ1v) is 20.7. The van der Waals surface area contributed by atoms with Crippen molar-refractivity contribution in [1.82, 2.24) is 9.61 Å². The van der Waals surface area contributed by atoms with Crippen LogP contribution in [-0.2, 0) is 5.41 Å². The van der Waals surface area contributed by atoms with Crippen molar-refractivity contribution >= 4 is 33.4 Å². The third kappa shape index (κ3) is 5.84. The second-order valence-corrected chi connectivity index (χ2v) is 16.4. The molecule has 1 unspecified atom stereocenters. The van der Waals surface area contributed by atoms with Gasteiger partial charge in [0.25, 0.3) is 0 Å². The SMILES string of the molecule is CC1(C)c2ccccc2-c2ccc(N(c3ccc(C4C=CC=CC4)cc3)c3cccc(-c4nn5c(-c6ccccc6)cc6ccccc6c5c4-c4ccccc4)c3)cc21. The monoisotopic (exact) mass is 757 g/mol. The van der Waals surface area contributed by atoms with Gasteiger partial charge in [0.1, 0.15) is 5.69 Å². The average Bonchev–Trinajstić information content (AvgIpc) is 3.81. The van der Waals surface area contributed by atoms with Crippen LogP contribution in [0.3, 0.4) is 0 Å². The second-order valence-electron chi connectivity index (χ2n) is 16.4. The smallest absolute Gasteiger partial charge is 0.101 e. The van der Waals surface area contributed by atoms with E-state index in [-0.39, 0.29) is 5.41 Å². The standard InChI is InChI=1S/C56H43N3/c1-56(2)50-28-15-14-27-48(50)49-34-33-46(37-51(49)56)58(44-31-29-39(30-32-44)38-17-6-3-7-18-38)45-25-16-24-43(35-45)54-53(41-21-10-5-11-22-41)55-47-26-13-12-23-42(47)36-52(59(55)57-54)40-19-8-4-9-20-40/h3-17,19-38H,18H2,1-2H3. The zero-order valence-corrected chi connectivity index (χ0v) is 33.3. The van der Waals surface area contributed by atoms with Gasteiger partial charge < -0.3 is 4.90 Å². The molecule has 9 aromatic rings. The number of nitrogens with zero attached hydrogens (tertiary/aromatic N) is 3. The third-order valence-corrected chi connectivity index (χ3v) is 12.5. The molecule has 0 N–H and O–H groups in total. The Morgan fingerprint density at radius 1 is 0.559 bits per heavy atom. The van der Waals surface area contributed by atoms with E-state index in [1.54, 1.807) is 0 Å². The molecule has 0 bridgehead atoms. The molecule has 3 heteroatoms. The summed E-state index contributed by atoms with van der Waals surface area (Å²) in [6, 6.07) is 66.4. The second kappa shape index (κ2) is 14.0. The minimum atomic E-state index is -0.124. The summed E-state index contributed by atoms with van der Waals surface area (Å²) in [5.41, 5.74) is 17.5. The third-order valence-electron chi connectivity index (χ3n) is 12.5. The molecule has 0 amide bonds. The van der Waals surface area contributed by atoms with Crippen LogP contribution in [0, 0.1) is 0 Å². The van der Waals surface area contributed by atoms with Crippen molar-refractivity contribution < 1.29 is 0 Å². The Morgan fingerprint density at radius 3 is 2.03 bits per heavy atom. The molecule has 0 spiro atoms. The lowest BCUT2D eigenvalue weighted by atomic mass is 9.82. The van der Waals surface area contributed by atoms with Crippen molar-refractivity contribution in [3.63, 3.8) is 0 Å². The van der Waals surface area contributed by atoms with Crippen molar-refractivity contribution in [2.24, 2.45) is 0 Å². The van der Waals surface area contributed by atoms with Crippen molar-refractivity contribution in [3.05, 3.63) is 223 Å². The number of allylic oxidation sites excluding steroid dienone is 4. The minimum Gasteiger partial charge on any atom is -0.310 e. The molecule has 59 heavy (non-hydrogen) atoms. The first-order chi connectivity index (χ1) is 29.0. The summed E-state index contributed by atoms with van der Waals surface area (Å²) in [5.74, 6) is 0.383. The van der Waals surface area contributed by atoms with Gasteiger partial charge in [-0.3, -0.25) is 0 Å². The summed E-state index contributed by atoms with van der Waals surface area (Å²) >= 11 is 0. The lowest BCUT2D eigenvalue weighted by Gasteiger charge is -2.29. The first kappa shape index (κ1) is 35.0. The van der Waals surface area contributed by atoms with E-state index in [0.29, 0.717) is 5.92 Å². The maximum Gasteiger partial charge on any atom is 0.101 e. The van der Waals surface area contributed by atoms with E-state index in [0.717, 1.165) is 62.6 Å². The molecular weight excluding hydrogens is 715 g/mol. The molecule has 0 saturated heterocycles. The van der Waals surface area contributed by atoms with E-state index in [1.165, 1.54) is 38.6 Å². The highest BCUT2D eigenvalue weighted by Gasteiger charge is 2.36. The number of hydrogen-bond donors (Lipinski definition) is 0. The number of benzene rings is 7. The summed E-state index contributed by atoms with van der Waals surface area (Å²) in [6.07, 6.45) is 9.90. The number of aromatic nitrogens is 2. The van der Waals surface area contributed by atoms with Gasteiger partial charge in [-0.2, -0.15) is 5.10 Å². The molecule has 0 fully saturated rings. The predicted octanol–water partition coefficient (Wildman–Crippen LogP) is 14.9. The summed E-state index contributed by atoms with van der Waals surface area (Å²) < 4.78 is 2.17. The molecule has 7 aromatic carbocycles. The van der Waals surface area contributed by atoms with E-state index in [1.807, 2.05) is 0 Å². The van der Waals surface area contributed by atoms with E-state index in [4.69, 9.17) is 5.10 Å². The molecule has 11 rings (SSSR count). The fraction of sp³-hybridized carbons (Fsp3) is 0.0893. The molecular formula is C56H43N3. The average molecular weight is 758 g/mol. The van der Waals surface area contributed by atoms with Gasteiger partial charge in [-0.05, 0) is 87.7 Å². The van der Waals surface area contributed by atoms with Crippen molar-refractivity contribution in [3.8, 4) is 44.8 Å². The van der Waals surface area contributed by atoms with Crippen LogP contribution in [-0.4, -0.2) is 9.61 Å². The van der Waals surface area contributed by atoms with Crippen LogP contribution in [0.2, 0.25) is 0 Å². The van der Waals surface area contributed by atoms with Gasteiger partial charge in [0.15, 0.2) is 0 Å². The Labute approximate surface area is 345 Å². The van der Waals surface area contributed by atoms with Crippen LogP contribution in [0.5, 0.6) is 0 Å². The lowest BCUT2D eigenvalue weighted by Crippen LogP contribution is -2.16. The van der Waals surface area contributed by atoms with Gasteiger partial charge in [-0.1, -0.05) is 178 Å². The van der Waals surface area contributed by atoms with Gasteiger partial charge in [-0.15, -0.1) is 0 Å². The molecule has 3 nitrogen and oxygen atoms in total. The van der Waals surface area contributed by atoms with Crippen LogP contribution >= 0.6 is 0 Å². The lowest BCUT2D eigenvalue weighted by molar-refractivity contribution is 0.660. The highest BCUT2D eigenvalue weighted by atomic mass is 15.2. The molecule has 2 aliphatic carbocycles. The van der Waals surface area contributed by atoms with Crippen molar-refractivity contribution in [2.45, 2.75) is 31.6 Å². The molecule has 2 heterocycles. The fourth-order valence-corrected chi connectivity index (χ4v) is 9.55. The first-order valence-electron chi connectivity index (χ1n) is 20.7. The van der Waals surface area contributed by atoms with Crippen molar-refractivity contribution in [2.75, 3.05) is 4.90 Å². The Kier molecular flexibility index (Phi) is 8.30. The Bertz CT molecular complexity index is 3100. The Balaban J connectivity index is 1.12. The van der Waals surface area contributed by atoms with Crippen LogP contribution < -0.4 is 4.90 Å². The normalized spacial score (nSPS) is 15.1. The maximum atomic E-state index is 5.57. The van der Waals surface area contributed by atoms with E-state index >= 15 is 0 Å². The van der Waals surface area contributed by atoms with Gasteiger partial charge in [0.2, 0.25) is 0 Å². The highest BCUT2D eigenvalue weighted by molar-refractivity contribution is 6.08. The van der Waals surface area contributed by atoms with E-state index in [9.17, 15) is 0 Å². The Morgan fingerprint density at radius 2 is 1.24 bits per heavy atom. The minimum absolute atomic E-state index is 0.124. The van der Waals surface area contributed by atoms with E-state index in [2.05, 4.69) is 230 Å². The summed E-state index contributed by atoms with van der Waals surface area (Å²) in [6.45, 7) is 4.71. The molecule has 2 aromatic heterocycles. The molecule has 0 radical (unpaired) electrons. The molecule has 1 atom stereocenters. The number of fused-ring (bicyclic) bond motifs is 6. The number of rotatable bonds is 7. The predicted molar refractivity (Wildman–Crippen MR) is 247 cm³/mol. The quantitative estimate of drug-likeness (QED) is 0.161. The summed E-state index contributed by atoms with van der Waals surface area (Å²) in [5, 5.41) is 7.93. The fourth-order valence-electron chi connectivity index (χ4n) is 9.55. The number of hydrogen-bond acceptors (Lipinski definition) is 2. The summed E-state index contributed by atoms with van der Waals surface area (Å²) in [7, 11) is 0. The van der Waals surface area contributed by atoms with Gasteiger partial charge in [-0.25, -0.2) is 4.52 Å². The van der Waals surface area contributed by atoms with Crippen molar-refractivity contribution in [1.29, 1.82) is 0 Å². The van der Waals surface area contributed by atoms with Crippen LogP contribution in [0.4, 0.5) is 17.1 Å². The van der Waals surface area contributed by atoms with Crippen LogP contribution in [0.15, 0.2) is 206 Å². The number of anilines is 3. The summed E-state index contributed by atoms with van der Waals surface area (Å²) in [4.78, 5) is 2.42. The maximum absolute atomic E-state index is 5.57. The Hall–Kier alpha value is -7.23. The molecule has 0 aliphatic heterocycles. The van der Waals surface area contributed by atoms with Gasteiger partial charge >= 0.3 is 0 Å². The van der Waals surface area contributed by atoms with Gasteiger partial charge in [0.05, 0.1) is 11.2 Å². The molecule has 0 saturated carbocycles. The zero-order valence-electron chi connectivity index (χ0n) is 33.3. The molecule has 2 aliphatic rings.